The van der Waals surface area contributed by atoms with E-state index in [4.69, 9.17) is 4.74 Å². The van der Waals surface area contributed by atoms with E-state index in [9.17, 15) is 15.0 Å². The molecule has 2 N–H and O–H groups in total. The molecule has 1 saturated heterocycles. The molecule has 6 unspecified atom stereocenters. The number of aliphatic hydroxyl groups is 2. The van der Waals surface area contributed by atoms with Crippen LogP contribution in [0, 0.1) is 45.3 Å². The van der Waals surface area contributed by atoms with Crippen LogP contribution in [0.2, 0.25) is 0 Å². The van der Waals surface area contributed by atoms with E-state index in [0.717, 1.165) is 25.7 Å². The molecular formula is C30H48O4. The van der Waals surface area contributed by atoms with E-state index in [0.29, 0.717) is 36.1 Å². The van der Waals surface area contributed by atoms with Crippen molar-refractivity contribution < 1.29 is 19.7 Å². The highest BCUT2D eigenvalue weighted by molar-refractivity contribution is 5.85. The highest BCUT2D eigenvalue weighted by Crippen LogP contribution is 2.73. The second-order valence-corrected chi connectivity index (χ2v) is 14.6. The number of Topliss-reactive ketones (excluding diaryl/α,β-unsaturated/α-hetero) is 1. The van der Waals surface area contributed by atoms with E-state index in [1.807, 2.05) is 0 Å². The lowest BCUT2D eigenvalue weighted by Crippen LogP contribution is -2.58. The van der Waals surface area contributed by atoms with Crippen LogP contribution in [0.5, 0.6) is 0 Å². The largest absolute Gasteiger partial charge is 0.390 e. The van der Waals surface area contributed by atoms with Crippen molar-refractivity contribution in [3.8, 4) is 0 Å². The first kappa shape index (κ1) is 25.0. The Hall–Kier alpha value is -0.710. The number of hydrogen-bond acceptors (Lipinski definition) is 4. The van der Waals surface area contributed by atoms with Crippen LogP contribution in [-0.4, -0.2) is 40.4 Å². The Balaban J connectivity index is 1.43. The van der Waals surface area contributed by atoms with Gasteiger partial charge in [-0.25, -0.2) is 0 Å². The van der Waals surface area contributed by atoms with Crippen molar-refractivity contribution in [2.45, 2.75) is 118 Å². The predicted molar refractivity (Wildman–Crippen MR) is 134 cm³/mol. The van der Waals surface area contributed by atoms with E-state index in [1.54, 1.807) is 19.4 Å². The summed E-state index contributed by atoms with van der Waals surface area (Å²) in [6.45, 7) is 16.1. The molecule has 0 amide bonds. The van der Waals surface area contributed by atoms with Crippen LogP contribution in [0.25, 0.3) is 0 Å². The lowest BCUT2D eigenvalue weighted by molar-refractivity contribution is -0.187. The quantitative estimate of drug-likeness (QED) is 0.506. The topological polar surface area (TPSA) is 66.8 Å². The molecule has 9 atom stereocenters. The maximum absolute atomic E-state index is 12.8. The van der Waals surface area contributed by atoms with E-state index in [2.05, 4.69) is 40.7 Å². The number of rotatable bonds is 2. The van der Waals surface area contributed by atoms with Gasteiger partial charge in [-0.3, -0.25) is 4.79 Å². The highest BCUT2D eigenvalue weighted by Gasteiger charge is 2.66. The minimum absolute atomic E-state index is 0.179. The van der Waals surface area contributed by atoms with Gasteiger partial charge >= 0.3 is 0 Å². The van der Waals surface area contributed by atoms with Gasteiger partial charge in [0.1, 0.15) is 11.9 Å². The van der Waals surface area contributed by atoms with Crippen molar-refractivity contribution in [1.82, 2.24) is 0 Å². The molecule has 0 aromatic rings. The Morgan fingerprint density at radius 1 is 1.06 bits per heavy atom. The highest BCUT2D eigenvalue weighted by atomic mass is 16.5. The van der Waals surface area contributed by atoms with E-state index < -0.39 is 17.8 Å². The Morgan fingerprint density at radius 3 is 2.41 bits per heavy atom. The van der Waals surface area contributed by atoms with Crippen molar-refractivity contribution in [1.29, 1.82) is 0 Å². The van der Waals surface area contributed by atoms with Gasteiger partial charge in [0.15, 0.2) is 0 Å². The van der Waals surface area contributed by atoms with Crippen LogP contribution >= 0.6 is 0 Å². The van der Waals surface area contributed by atoms with Gasteiger partial charge in [0.05, 0.1) is 18.3 Å². The van der Waals surface area contributed by atoms with Gasteiger partial charge in [-0.05, 0) is 98.7 Å². The summed E-state index contributed by atoms with van der Waals surface area (Å²) < 4.78 is 6.12. The Morgan fingerprint density at radius 2 is 1.76 bits per heavy atom. The molecule has 5 aliphatic rings. The third kappa shape index (κ3) is 3.23. The second kappa shape index (κ2) is 7.65. The zero-order valence-corrected chi connectivity index (χ0v) is 22.6. The molecule has 4 fully saturated rings. The van der Waals surface area contributed by atoms with E-state index >= 15 is 0 Å². The molecule has 0 aromatic carbocycles. The molecule has 3 saturated carbocycles. The standard InChI is InChI=1S/C30H48O4/c1-26(2)23-9-8-21-20(28(23,5)13-12-24(26)32)11-15-29(6)19(10-14-30(21,29)7)18-16-22(31)25(34-17-18)27(3,4)33/h8,18-20,22-23,25,31,33H,9-17H2,1-7H3/t18?,19?,20?,22?,23?,25?,28-,29+,30-/m1/s1. The van der Waals surface area contributed by atoms with E-state index in [1.165, 1.54) is 25.7 Å². The molecule has 1 heterocycles. The van der Waals surface area contributed by atoms with Crippen LogP contribution in [0.4, 0.5) is 0 Å². The number of allylic oxidation sites excluding steroid dienone is 2. The monoisotopic (exact) mass is 472 g/mol. The molecule has 34 heavy (non-hydrogen) atoms. The number of fused-ring (bicyclic) bond motifs is 5. The molecule has 0 spiro atoms. The van der Waals surface area contributed by atoms with Crippen LogP contribution in [0.15, 0.2) is 11.6 Å². The molecule has 5 rings (SSSR count). The van der Waals surface area contributed by atoms with E-state index in [-0.39, 0.29) is 21.7 Å². The van der Waals surface area contributed by atoms with Gasteiger partial charge in [0, 0.05) is 11.8 Å². The minimum Gasteiger partial charge on any atom is -0.390 e. The lowest BCUT2D eigenvalue weighted by atomic mass is 9.41. The van der Waals surface area contributed by atoms with Gasteiger partial charge < -0.3 is 14.9 Å². The van der Waals surface area contributed by atoms with Gasteiger partial charge in [0.25, 0.3) is 0 Å². The fraction of sp³-hybridized carbons (Fsp3) is 0.900. The summed E-state index contributed by atoms with van der Waals surface area (Å²) in [6.07, 6.45) is 9.84. The van der Waals surface area contributed by atoms with Gasteiger partial charge in [-0.15, -0.1) is 0 Å². The summed E-state index contributed by atoms with van der Waals surface area (Å²) in [6, 6.07) is 0. The van der Waals surface area contributed by atoms with Crippen molar-refractivity contribution in [3.05, 3.63) is 11.6 Å². The maximum Gasteiger partial charge on any atom is 0.138 e. The van der Waals surface area contributed by atoms with Crippen molar-refractivity contribution in [2.24, 2.45) is 45.3 Å². The smallest absolute Gasteiger partial charge is 0.138 e. The summed E-state index contributed by atoms with van der Waals surface area (Å²) in [5.74, 6) is 2.37. The summed E-state index contributed by atoms with van der Waals surface area (Å²) in [4.78, 5) is 12.8. The molecule has 192 valence electrons. The van der Waals surface area contributed by atoms with Crippen LogP contribution < -0.4 is 0 Å². The first-order valence-corrected chi connectivity index (χ1v) is 13.9. The average Bonchev–Trinajstić information content (AvgIpc) is 3.02. The van der Waals surface area contributed by atoms with Crippen LogP contribution in [0.1, 0.15) is 99.8 Å². The zero-order chi connectivity index (χ0) is 24.9. The van der Waals surface area contributed by atoms with Gasteiger partial charge in [-0.2, -0.15) is 0 Å². The van der Waals surface area contributed by atoms with Crippen molar-refractivity contribution in [3.63, 3.8) is 0 Å². The number of ether oxygens (including phenoxy) is 1. The number of ketones is 1. The Kier molecular flexibility index (Phi) is 5.62. The molecular weight excluding hydrogens is 424 g/mol. The fourth-order valence-electron chi connectivity index (χ4n) is 10.1. The average molecular weight is 473 g/mol. The summed E-state index contributed by atoms with van der Waals surface area (Å²) >= 11 is 0. The Bertz CT molecular complexity index is 883. The fourth-order valence-corrected chi connectivity index (χ4v) is 10.1. The number of hydrogen-bond donors (Lipinski definition) is 2. The van der Waals surface area contributed by atoms with Gasteiger partial charge in [-0.1, -0.05) is 46.3 Å². The third-order valence-corrected chi connectivity index (χ3v) is 12.3. The SMILES string of the molecule is CC(C)(O)C1OCC(C2CC[C@]3(C)C4=CCC5C(C)(C)C(=O)CC[C@]5(C)C4CC[C@@]23C)CC1O. The number of carbonyl (C=O) groups is 1. The number of aliphatic hydroxyl groups excluding tert-OH is 1. The van der Waals surface area contributed by atoms with Crippen molar-refractivity contribution >= 4 is 5.78 Å². The maximum atomic E-state index is 12.8. The zero-order valence-electron chi connectivity index (χ0n) is 22.6. The van der Waals surface area contributed by atoms with Crippen LogP contribution in [-0.2, 0) is 9.53 Å². The third-order valence-electron chi connectivity index (χ3n) is 12.3. The minimum atomic E-state index is -1.02. The normalized spacial score (nSPS) is 50.7. The second-order valence-electron chi connectivity index (χ2n) is 14.6. The summed E-state index contributed by atoms with van der Waals surface area (Å²) in [5.41, 5.74) is 1.05. The molecule has 4 heteroatoms. The molecule has 1 aliphatic heterocycles. The van der Waals surface area contributed by atoms with Gasteiger partial charge in [0.2, 0.25) is 0 Å². The van der Waals surface area contributed by atoms with Crippen molar-refractivity contribution in [2.75, 3.05) is 6.61 Å². The lowest BCUT2D eigenvalue weighted by Gasteiger charge is -2.63. The molecule has 0 bridgehead atoms. The molecule has 4 aliphatic carbocycles. The predicted octanol–water partition coefficient (Wildman–Crippen LogP) is 5.70. The first-order valence-electron chi connectivity index (χ1n) is 13.9. The summed E-state index contributed by atoms with van der Waals surface area (Å²) in [7, 11) is 0. The molecule has 0 radical (unpaired) electrons. The van der Waals surface area contributed by atoms with Crippen LogP contribution in [0.3, 0.4) is 0 Å². The molecule has 4 nitrogen and oxygen atoms in total. The Labute approximate surface area is 206 Å². The number of carbonyl (C=O) groups excluding carboxylic acids is 1. The molecule has 0 aromatic heterocycles. The summed E-state index contributed by atoms with van der Waals surface area (Å²) in [5, 5.41) is 21.3. The first-order chi connectivity index (χ1) is 15.7.